The minimum atomic E-state index is -1.39. The number of nitrogens with two attached hydrogens (primary N) is 1. The quantitative estimate of drug-likeness (QED) is 0.193. The summed E-state index contributed by atoms with van der Waals surface area (Å²) in [6.07, 6.45) is 1.93. The number of carbonyl (C=O) groups is 5. The van der Waals surface area contributed by atoms with Crippen molar-refractivity contribution >= 4 is 53.2 Å². The summed E-state index contributed by atoms with van der Waals surface area (Å²) in [4.78, 5) is 65.6. The number of amides is 3. The third-order valence-electron chi connectivity index (χ3n) is 6.08. The number of aromatic nitrogens is 1. The van der Waals surface area contributed by atoms with Crippen molar-refractivity contribution in [2.24, 2.45) is 5.73 Å². The Hall–Kier alpha value is -3.58. The first-order valence-corrected chi connectivity index (χ1v) is 12.0. The van der Waals surface area contributed by atoms with Crippen molar-refractivity contribution in [3.63, 3.8) is 0 Å². The third kappa shape index (κ3) is 6.34. The van der Waals surface area contributed by atoms with Crippen molar-refractivity contribution in [3.05, 3.63) is 36.0 Å². The predicted octanol–water partition coefficient (Wildman–Crippen LogP) is -0.513. The van der Waals surface area contributed by atoms with Gasteiger partial charge in [0.25, 0.3) is 0 Å². The van der Waals surface area contributed by atoms with Gasteiger partial charge in [0.1, 0.15) is 18.1 Å². The molecule has 13 heteroatoms. The van der Waals surface area contributed by atoms with Gasteiger partial charge in [-0.25, -0.2) is 4.79 Å². The summed E-state index contributed by atoms with van der Waals surface area (Å²) in [6.45, 7) is 0.246. The number of thiol groups is 1. The summed E-state index contributed by atoms with van der Waals surface area (Å²) in [5.74, 6) is -4.62. The van der Waals surface area contributed by atoms with Crippen LogP contribution in [0.15, 0.2) is 30.5 Å². The molecule has 1 saturated heterocycles. The average Bonchev–Trinajstić information content (AvgIpc) is 3.49. The van der Waals surface area contributed by atoms with Crippen molar-refractivity contribution in [1.82, 2.24) is 20.5 Å². The Morgan fingerprint density at radius 2 is 1.81 bits per heavy atom. The first-order chi connectivity index (χ1) is 17.1. The Morgan fingerprint density at radius 3 is 2.47 bits per heavy atom. The number of para-hydroxylation sites is 1. The Labute approximate surface area is 212 Å². The fraction of sp³-hybridized carbons (Fsp3) is 0.435. The van der Waals surface area contributed by atoms with Gasteiger partial charge >= 0.3 is 11.9 Å². The van der Waals surface area contributed by atoms with E-state index in [0.29, 0.717) is 18.4 Å². The van der Waals surface area contributed by atoms with Crippen molar-refractivity contribution in [3.8, 4) is 0 Å². The lowest BCUT2D eigenvalue weighted by atomic mass is 10.0. The first-order valence-electron chi connectivity index (χ1n) is 11.4. The van der Waals surface area contributed by atoms with Gasteiger partial charge in [-0.3, -0.25) is 19.2 Å². The number of H-pyrrole nitrogens is 1. The monoisotopic (exact) mass is 519 g/mol. The van der Waals surface area contributed by atoms with Gasteiger partial charge in [-0.2, -0.15) is 12.6 Å². The average molecular weight is 520 g/mol. The predicted molar refractivity (Wildman–Crippen MR) is 132 cm³/mol. The molecule has 0 saturated carbocycles. The van der Waals surface area contributed by atoms with Crippen LogP contribution in [0.1, 0.15) is 24.8 Å². The van der Waals surface area contributed by atoms with Crippen molar-refractivity contribution in [2.45, 2.75) is 49.9 Å². The Kier molecular flexibility index (Phi) is 8.93. The number of fused-ring (bicyclic) bond motifs is 1. The maximum absolute atomic E-state index is 13.3. The zero-order valence-corrected chi connectivity index (χ0v) is 20.2. The van der Waals surface area contributed by atoms with Crippen molar-refractivity contribution in [1.29, 1.82) is 0 Å². The smallest absolute Gasteiger partial charge is 0.326 e. The molecule has 0 bridgehead atoms. The fourth-order valence-corrected chi connectivity index (χ4v) is 4.48. The van der Waals surface area contributed by atoms with Crippen LogP contribution < -0.4 is 16.4 Å². The van der Waals surface area contributed by atoms with Gasteiger partial charge in [0.2, 0.25) is 17.7 Å². The van der Waals surface area contributed by atoms with E-state index in [1.54, 1.807) is 6.20 Å². The number of carboxylic acids is 2. The van der Waals surface area contributed by atoms with Crippen LogP contribution in [-0.4, -0.2) is 86.2 Å². The molecule has 4 unspecified atom stereocenters. The lowest BCUT2D eigenvalue weighted by Gasteiger charge is -2.28. The van der Waals surface area contributed by atoms with E-state index >= 15 is 0 Å². The molecule has 1 aliphatic heterocycles. The number of carboxylic acid groups (broad SMARTS) is 2. The number of nitrogens with zero attached hydrogens (tertiary/aromatic N) is 1. The molecule has 4 atom stereocenters. The van der Waals surface area contributed by atoms with Gasteiger partial charge in [-0.05, 0) is 24.5 Å². The molecule has 3 rings (SSSR count). The summed E-state index contributed by atoms with van der Waals surface area (Å²) in [7, 11) is 0. The third-order valence-corrected chi connectivity index (χ3v) is 6.45. The van der Waals surface area contributed by atoms with Crippen LogP contribution in [-0.2, 0) is 30.4 Å². The zero-order chi connectivity index (χ0) is 26.4. The largest absolute Gasteiger partial charge is 0.481 e. The van der Waals surface area contributed by atoms with E-state index in [-0.39, 0.29) is 18.7 Å². The molecule has 12 nitrogen and oxygen atoms in total. The van der Waals surface area contributed by atoms with E-state index < -0.39 is 60.2 Å². The molecule has 1 aromatic carbocycles. The molecule has 0 radical (unpaired) electrons. The van der Waals surface area contributed by atoms with E-state index in [1.165, 1.54) is 4.90 Å². The molecule has 1 fully saturated rings. The summed E-state index contributed by atoms with van der Waals surface area (Å²) in [5.41, 5.74) is 7.20. The summed E-state index contributed by atoms with van der Waals surface area (Å²) in [6, 6.07) is 2.66. The number of aliphatic carboxylic acids is 2. The number of hydrogen-bond acceptors (Lipinski definition) is 7. The Bertz CT molecular complexity index is 1150. The number of rotatable bonds is 11. The van der Waals surface area contributed by atoms with Gasteiger partial charge in [-0.15, -0.1) is 0 Å². The number of likely N-dealkylation sites (tertiary alicyclic amines) is 1. The van der Waals surface area contributed by atoms with Gasteiger partial charge in [0, 0.05) is 35.8 Å². The molecule has 194 valence electrons. The highest BCUT2D eigenvalue weighted by Crippen LogP contribution is 2.21. The van der Waals surface area contributed by atoms with E-state index in [4.69, 9.17) is 10.8 Å². The minimum Gasteiger partial charge on any atom is -0.481 e. The zero-order valence-electron chi connectivity index (χ0n) is 19.3. The Morgan fingerprint density at radius 1 is 1.11 bits per heavy atom. The summed E-state index contributed by atoms with van der Waals surface area (Å²) < 4.78 is 0. The molecular formula is C23H29N5O7S. The van der Waals surface area contributed by atoms with Crippen LogP contribution in [0.5, 0.6) is 0 Å². The molecule has 1 aromatic heterocycles. The molecule has 3 amide bonds. The second kappa shape index (κ2) is 11.9. The van der Waals surface area contributed by atoms with E-state index in [0.717, 1.165) is 10.9 Å². The molecule has 1 aliphatic rings. The number of benzene rings is 1. The van der Waals surface area contributed by atoms with E-state index in [9.17, 15) is 29.1 Å². The van der Waals surface area contributed by atoms with Crippen LogP contribution >= 0.6 is 12.6 Å². The highest BCUT2D eigenvalue weighted by molar-refractivity contribution is 7.80. The molecule has 36 heavy (non-hydrogen) atoms. The van der Waals surface area contributed by atoms with Crippen LogP contribution in [0.3, 0.4) is 0 Å². The highest BCUT2D eigenvalue weighted by atomic mass is 32.1. The summed E-state index contributed by atoms with van der Waals surface area (Å²) >= 11 is 4.16. The SMILES string of the molecule is NC(CC(=O)O)C(=O)NC(Cc1c[nH]c2ccccc12)C(=O)NC(CS)C(=O)N1CCCC1C(=O)O. The van der Waals surface area contributed by atoms with Gasteiger partial charge in [-0.1, -0.05) is 18.2 Å². The normalized spacial score (nSPS) is 17.8. The Balaban J connectivity index is 1.80. The van der Waals surface area contributed by atoms with Gasteiger partial charge < -0.3 is 36.5 Å². The van der Waals surface area contributed by atoms with E-state index in [2.05, 4.69) is 28.2 Å². The summed E-state index contributed by atoms with van der Waals surface area (Å²) in [5, 5.41) is 24.2. The van der Waals surface area contributed by atoms with Gasteiger partial charge in [0.15, 0.2) is 0 Å². The van der Waals surface area contributed by atoms with Crippen LogP contribution in [0.2, 0.25) is 0 Å². The molecule has 0 aliphatic carbocycles. The lowest BCUT2D eigenvalue weighted by Crippen LogP contribution is -2.58. The molecular weight excluding hydrogens is 490 g/mol. The number of hydrogen-bond donors (Lipinski definition) is 7. The second-order valence-corrected chi connectivity index (χ2v) is 8.97. The number of nitrogens with one attached hydrogen (secondary N) is 3. The maximum Gasteiger partial charge on any atom is 0.326 e. The first kappa shape index (κ1) is 27.0. The van der Waals surface area contributed by atoms with Crippen LogP contribution in [0.4, 0.5) is 0 Å². The van der Waals surface area contributed by atoms with Crippen LogP contribution in [0, 0.1) is 0 Å². The minimum absolute atomic E-state index is 0.0241. The number of carbonyl (C=O) groups excluding carboxylic acids is 3. The number of aromatic amines is 1. The molecule has 2 aromatic rings. The highest BCUT2D eigenvalue weighted by Gasteiger charge is 2.38. The lowest BCUT2D eigenvalue weighted by molar-refractivity contribution is -0.149. The van der Waals surface area contributed by atoms with Gasteiger partial charge in [0.05, 0.1) is 12.5 Å². The van der Waals surface area contributed by atoms with Crippen molar-refractivity contribution in [2.75, 3.05) is 12.3 Å². The molecule has 0 spiro atoms. The standard InChI is InChI=1S/C23H29N5O7S/c24-14(9-19(29)30)20(31)26-16(8-12-10-25-15-5-2-1-4-13(12)15)21(32)27-17(11-36)22(33)28-7-3-6-18(28)23(34)35/h1-2,4-5,10,14,16-18,25,36H,3,6-9,11,24H2,(H,26,31)(H,27,32)(H,29,30)(H,34,35). The maximum atomic E-state index is 13.3. The second-order valence-electron chi connectivity index (χ2n) is 8.60. The topological polar surface area (TPSA) is 195 Å². The molecule has 7 N–H and O–H groups in total. The fourth-order valence-electron chi connectivity index (χ4n) is 4.23. The van der Waals surface area contributed by atoms with E-state index in [1.807, 2.05) is 24.3 Å². The van der Waals surface area contributed by atoms with Crippen molar-refractivity contribution < 1.29 is 34.2 Å². The molecule has 2 heterocycles. The van der Waals surface area contributed by atoms with Crippen LogP contribution in [0.25, 0.3) is 10.9 Å².